The Bertz CT molecular complexity index is 1090. The highest BCUT2D eigenvalue weighted by Crippen LogP contribution is 2.25. The smallest absolute Gasteiger partial charge is 0.338 e. The van der Waals surface area contributed by atoms with Crippen LogP contribution < -0.4 is 5.32 Å². The van der Waals surface area contributed by atoms with Crippen molar-refractivity contribution in [1.82, 2.24) is 15.1 Å². The maximum atomic E-state index is 12.5. The quantitative estimate of drug-likeness (QED) is 0.462. The molecule has 0 radical (unpaired) electrons. The Hall–Kier alpha value is -3.71. The highest BCUT2D eigenvalue weighted by Gasteiger charge is 2.19. The molecule has 4 rings (SSSR count). The maximum Gasteiger partial charge on any atom is 0.338 e. The molecule has 0 unspecified atom stereocenters. The van der Waals surface area contributed by atoms with Gasteiger partial charge in [0.15, 0.2) is 6.61 Å². The van der Waals surface area contributed by atoms with Gasteiger partial charge >= 0.3 is 5.97 Å². The molecule has 2 heterocycles. The molecule has 6 nitrogen and oxygen atoms in total. The molecule has 0 aliphatic heterocycles. The fourth-order valence-corrected chi connectivity index (χ4v) is 3.81. The number of ether oxygens (including phenoxy) is 1. The normalized spacial score (nSPS) is 11.6. The molecule has 2 aromatic heterocycles. The van der Waals surface area contributed by atoms with E-state index in [1.807, 2.05) is 60.1 Å². The monoisotopic (exact) mass is 417 g/mol. The minimum Gasteiger partial charge on any atom is -0.452 e. The van der Waals surface area contributed by atoms with Gasteiger partial charge in [0.25, 0.3) is 5.91 Å². The zero-order valence-corrected chi connectivity index (χ0v) is 16.8. The molecule has 0 aliphatic rings. The first kappa shape index (κ1) is 19.6. The second-order valence-electron chi connectivity index (χ2n) is 6.50. The lowest BCUT2D eigenvalue weighted by molar-refractivity contribution is -0.124. The number of benzene rings is 2. The van der Waals surface area contributed by atoms with E-state index in [0.717, 1.165) is 16.1 Å². The topological polar surface area (TPSA) is 73.2 Å². The largest absolute Gasteiger partial charge is 0.452 e. The molecule has 30 heavy (non-hydrogen) atoms. The fraction of sp³-hybridized carbons (Fsp3) is 0.0870. The first-order valence-corrected chi connectivity index (χ1v) is 10.2. The third-order valence-electron chi connectivity index (χ3n) is 4.47. The van der Waals surface area contributed by atoms with Crippen LogP contribution in [0.4, 0.5) is 0 Å². The van der Waals surface area contributed by atoms with Crippen molar-refractivity contribution in [2.24, 2.45) is 0 Å². The molecule has 1 amide bonds. The summed E-state index contributed by atoms with van der Waals surface area (Å²) in [5, 5.41) is 9.06. The van der Waals surface area contributed by atoms with Crippen LogP contribution in [-0.2, 0) is 9.53 Å². The van der Waals surface area contributed by atoms with E-state index in [4.69, 9.17) is 4.74 Å². The molecular weight excluding hydrogens is 398 g/mol. The van der Waals surface area contributed by atoms with E-state index in [0.29, 0.717) is 5.56 Å². The predicted octanol–water partition coefficient (Wildman–Crippen LogP) is 4.00. The van der Waals surface area contributed by atoms with Crippen LogP contribution in [0.15, 0.2) is 90.6 Å². The zero-order valence-electron chi connectivity index (χ0n) is 16.0. The summed E-state index contributed by atoms with van der Waals surface area (Å²) >= 11 is 1.56. The highest BCUT2D eigenvalue weighted by atomic mass is 32.1. The molecule has 2 aromatic carbocycles. The molecule has 0 saturated carbocycles. The van der Waals surface area contributed by atoms with Crippen LogP contribution >= 0.6 is 11.3 Å². The van der Waals surface area contributed by atoms with Crippen LogP contribution in [0.3, 0.4) is 0 Å². The van der Waals surface area contributed by atoms with Crippen LogP contribution in [0, 0.1) is 0 Å². The van der Waals surface area contributed by atoms with E-state index in [2.05, 4.69) is 10.4 Å². The van der Waals surface area contributed by atoms with Gasteiger partial charge in [-0.3, -0.25) is 4.79 Å². The number of thiophene rings is 1. The van der Waals surface area contributed by atoms with Crippen LogP contribution in [0.1, 0.15) is 26.8 Å². The van der Waals surface area contributed by atoms with Crippen molar-refractivity contribution < 1.29 is 14.3 Å². The molecule has 1 N–H and O–H groups in total. The Balaban J connectivity index is 1.37. The first-order chi connectivity index (χ1) is 14.7. The molecule has 0 spiro atoms. The number of carbonyl (C=O) groups excluding carboxylic acids is 2. The minimum atomic E-state index is -0.551. The lowest BCUT2D eigenvalue weighted by atomic mass is 10.1. The van der Waals surface area contributed by atoms with E-state index in [9.17, 15) is 9.59 Å². The second-order valence-corrected chi connectivity index (χ2v) is 7.48. The summed E-state index contributed by atoms with van der Waals surface area (Å²) < 4.78 is 6.90. The molecule has 0 fully saturated rings. The van der Waals surface area contributed by atoms with Gasteiger partial charge in [-0.05, 0) is 47.3 Å². The number of esters is 1. The number of nitrogens with zero attached hydrogens (tertiary/aromatic N) is 2. The highest BCUT2D eigenvalue weighted by molar-refractivity contribution is 7.10. The Morgan fingerprint density at radius 2 is 1.80 bits per heavy atom. The van der Waals surface area contributed by atoms with Crippen LogP contribution in [0.5, 0.6) is 0 Å². The van der Waals surface area contributed by atoms with Crippen molar-refractivity contribution in [3.8, 4) is 5.69 Å². The Kier molecular flexibility index (Phi) is 6.01. The summed E-state index contributed by atoms with van der Waals surface area (Å²) in [5.41, 5.74) is 2.17. The van der Waals surface area contributed by atoms with Gasteiger partial charge in [0.05, 0.1) is 17.3 Å². The number of carbonyl (C=O) groups is 2. The third kappa shape index (κ3) is 4.64. The van der Waals surface area contributed by atoms with Crippen molar-refractivity contribution in [2.75, 3.05) is 6.61 Å². The summed E-state index contributed by atoms with van der Waals surface area (Å²) in [6, 6.07) is 22.0. The van der Waals surface area contributed by atoms with Gasteiger partial charge in [0.1, 0.15) is 0 Å². The van der Waals surface area contributed by atoms with Crippen molar-refractivity contribution in [3.63, 3.8) is 0 Å². The molecule has 1 atom stereocenters. The zero-order chi connectivity index (χ0) is 20.8. The van der Waals surface area contributed by atoms with Gasteiger partial charge in [0, 0.05) is 17.3 Å². The van der Waals surface area contributed by atoms with Crippen LogP contribution in [0.2, 0.25) is 0 Å². The molecule has 4 aromatic rings. The Labute approximate surface area is 177 Å². The van der Waals surface area contributed by atoms with Gasteiger partial charge in [-0.2, -0.15) is 5.10 Å². The van der Waals surface area contributed by atoms with Crippen LogP contribution in [0.25, 0.3) is 5.69 Å². The molecule has 0 saturated heterocycles. The Morgan fingerprint density at radius 1 is 1.00 bits per heavy atom. The molecule has 7 heteroatoms. The van der Waals surface area contributed by atoms with Crippen molar-refractivity contribution in [3.05, 3.63) is 107 Å². The van der Waals surface area contributed by atoms with Crippen molar-refractivity contribution in [1.29, 1.82) is 0 Å². The number of hydrogen-bond donors (Lipinski definition) is 1. The number of amides is 1. The van der Waals surface area contributed by atoms with E-state index >= 15 is 0 Å². The summed E-state index contributed by atoms with van der Waals surface area (Å²) in [7, 11) is 0. The third-order valence-corrected chi connectivity index (χ3v) is 5.41. The molecular formula is C23H19N3O3S. The number of aromatic nitrogens is 2. The fourth-order valence-electron chi connectivity index (χ4n) is 3.01. The predicted molar refractivity (Wildman–Crippen MR) is 115 cm³/mol. The van der Waals surface area contributed by atoms with Crippen LogP contribution in [-0.4, -0.2) is 28.3 Å². The first-order valence-electron chi connectivity index (χ1n) is 9.35. The molecule has 0 bridgehead atoms. The van der Waals surface area contributed by atoms with Gasteiger partial charge < -0.3 is 10.1 Å². The lowest BCUT2D eigenvalue weighted by Gasteiger charge is -2.18. The number of hydrogen-bond acceptors (Lipinski definition) is 5. The van der Waals surface area contributed by atoms with E-state index in [1.165, 1.54) is 0 Å². The summed E-state index contributed by atoms with van der Waals surface area (Å²) in [5.74, 6) is -0.914. The van der Waals surface area contributed by atoms with Gasteiger partial charge in [0.2, 0.25) is 0 Å². The van der Waals surface area contributed by atoms with Crippen molar-refractivity contribution >= 4 is 23.2 Å². The van der Waals surface area contributed by atoms with E-state index in [-0.39, 0.29) is 18.6 Å². The SMILES string of the molecule is O=C(COC(=O)c1ccc(-n2cccn2)cc1)N[C@H](c1ccccc1)c1cccs1. The summed E-state index contributed by atoms with van der Waals surface area (Å²) in [6.07, 6.45) is 3.49. The Morgan fingerprint density at radius 3 is 2.47 bits per heavy atom. The summed E-state index contributed by atoms with van der Waals surface area (Å²) in [4.78, 5) is 25.8. The van der Waals surface area contributed by atoms with Gasteiger partial charge in [-0.15, -0.1) is 11.3 Å². The lowest BCUT2D eigenvalue weighted by Crippen LogP contribution is -2.32. The summed E-state index contributed by atoms with van der Waals surface area (Å²) in [6.45, 7) is -0.353. The van der Waals surface area contributed by atoms with Crippen molar-refractivity contribution in [2.45, 2.75) is 6.04 Å². The van der Waals surface area contributed by atoms with Gasteiger partial charge in [-0.25, -0.2) is 9.48 Å². The molecule has 150 valence electrons. The number of nitrogens with one attached hydrogen (secondary N) is 1. The molecule has 0 aliphatic carbocycles. The standard InChI is InChI=1S/C23H19N3O3S/c27-21(25-22(20-8-4-15-30-20)17-6-2-1-3-7-17)16-29-23(28)18-9-11-19(12-10-18)26-14-5-13-24-26/h1-15,22H,16H2,(H,25,27)/t22-/m1/s1. The van der Waals surface area contributed by atoms with Gasteiger partial charge in [-0.1, -0.05) is 36.4 Å². The second kappa shape index (κ2) is 9.19. The number of rotatable bonds is 7. The van der Waals surface area contributed by atoms with E-state index in [1.54, 1.807) is 46.5 Å². The average molecular weight is 417 g/mol. The maximum absolute atomic E-state index is 12.5. The van der Waals surface area contributed by atoms with E-state index < -0.39 is 5.97 Å². The average Bonchev–Trinajstić information content (AvgIpc) is 3.51. The minimum absolute atomic E-state index is 0.286.